The van der Waals surface area contributed by atoms with Gasteiger partial charge in [-0.25, -0.2) is 4.98 Å². The van der Waals surface area contributed by atoms with Crippen molar-refractivity contribution in [2.45, 2.75) is 32.5 Å². The molecule has 0 saturated heterocycles. The van der Waals surface area contributed by atoms with Crippen LogP contribution in [0, 0.1) is 5.92 Å². The summed E-state index contributed by atoms with van der Waals surface area (Å²) in [6.45, 7) is 0.789. The van der Waals surface area contributed by atoms with Gasteiger partial charge < -0.3 is 19.6 Å². The van der Waals surface area contributed by atoms with E-state index < -0.39 is 0 Å². The minimum absolute atomic E-state index is 0.0610. The molecule has 3 aromatic rings. The molecule has 0 unspecified atom stereocenters. The molecule has 4 rings (SSSR count). The zero-order chi connectivity index (χ0) is 17.9. The van der Waals surface area contributed by atoms with Gasteiger partial charge in [-0.05, 0) is 37.1 Å². The fraction of sp³-hybridized carbons (Fsp3) is 0.316. The van der Waals surface area contributed by atoms with Crippen LogP contribution < -0.4 is 10.6 Å². The highest BCUT2D eigenvalue weighted by molar-refractivity contribution is 5.82. The van der Waals surface area contributed by atoms with Crippen LogP contribution in [0.5, 0.6) is 0 Å². The van der Waals surface area contributed by atoms with Crippen molar-refractivity contribution in [2.24, 2.45) is 5.92 Å². The average Bonchev–Trinajstić information content (AvgIpc) is 3.27. The normalized spacial score (nSPS) is 13.7. The van der Waals surface area contributed by atoms with Crippen LogP contribution in [0.25, 0.3) is 11.0 Å². The van der Waals surface area contributed by atoms with Gasteiger partial charge >= 0.3 is 0 Å². The Bertz CT molecular complexity index is 926. The molecule has 1 aliphatic carbocycles. The predicted molar refractivity (Wildman–Crippen MR) is 94.9 cm³/mol. The Morgan fingerprint density at radius 2 is 1.96 bits per heavy atom. The smallest absolute Gasteiger partial charge is 0.240 e. The number of imidazole rings is 1. The molecule has 0 aliphatic heterocycles. The Morgan fingerprint density at radius 1 is 1.12 bits per heavy atom. The topological polar surface area (TPSA) is 89.2 Å². The molecule has 2 aromatic heterocycles. The Balaban J connectivity index is 1.48. The van der Waals surface area contributed by atoms with Gasteiger partial charge in [0.1, 0.15) is 18.1 Å². The molecular weight excluding hydrogens is 332 g/mol. The molecule has 134 valence electrons. The summed E-state index contributed by atoms with van der Waals surface area (Å²) in [7, 11) is 0. The maximum absolute atomic E-state index is 12.4. The molecule has 1 fully saturated rings. The van der Waals surface area contributed by atoms with Gasteiger partial charge in [0.05, 0.1) is 30.4 Å². The van der Waals surface area contributed by atoms with Gasteiger partial charge in [-0.2, -0.15) is 0 Å². The molecule has 0 radical (unpaired) electrons. The Kier molecular flexibility index (Phi) is 4.43. The summed E-state index contributed by atoms with van der Waals surface area (Å²) < 4.78 is 7.07. The highest BCUT2D eigenvalue weighted by Gasteiger charge is 2.29. The Labute approximate surface area is 150 Å². The van der Waals surface area contributed by atoms with Crippen LogP contribution in [0.1, 0.15) is 24.4 Å². The highest BCUT2D eigenvalue weighted by Crippen LogP contribution is 2.28. The van der Waals surface area contributed by atoms with Gasteiger partial charge in [0.2, 0.25) is 11.8 Å². The van der Waals surface area contributed by atoms with E-state index in [1.807, 2.05) is 34.9 Å². The van der Waals surface area contributed by atoms with Crippen LogP contribution in [0.2, 0.25) is 0 Å². The van der Waals surface area contributed by atoms with Crippen LogP contribution in [0.4, 0.5) is 0 Å². The lowest BCUT2D eigenvalue weighted by Crippen LogP contribution is -2.30. The summed E-state index contributed by atoms with van der Waals surface area (Å²) in [6.07, 6.45) is 3.49. The Hall–Kier alpha value is -3.09. The first-order valence-corrected chi connectivity index (χ1v) is 8.71. The second kappa shape index (κ2) is 7.03. The molecule has 1 aromatic carbocycles. The van der Waals surface area contributed by atoms with E-state index in [4.69, 9.17) is 4.42 Å². The lowest BCUT2D eigenvalue weighted by molar-refractivity contribution is -0.122. The number of nitrogens with zero attached hydrogens (tertiary/aromatic N) is 2. The van der Waals surface area contributed by atoms with E-state index in [0.717, 1.165) is 23.9 Å². The number of amides is 2. The molecule has 0 bridgehead atoms. The maximum atomic E-state index is 12.4. The first-order valence-electron chi connectivity index (χ1n) is 8.71. The third-order valence-corrected chi connectivity index (χ3v) is 4.44. The van der Waals surface area contributed by atoms with Gasteiger partial charge in [0.25, 0.3) is 0 Å². The summed E-state index contributed by atoms with van der Waals surface area (Å²) in [5, 5.41) is 5.76. The van der Waals surface area contributed by atoms with Crippen molar-refractivity contribution in [3.63, 3.8) is 0 Å². The van der Waals surface area contributed by atoms with Crippen molar-refractivity contribution < 1.29 is 14.0 Å². The first-order chi connectivity index (χ1) is 12.7. The number of furan rings is 1. The number of benzene rings is 1. The van der Waals surface area contributed by atoms with E-state index in [-0.39, 0.29) is 24.3 Å². The summed E-state index contributed by atoms with van der Waals surface area (Å²) >= 11 is 0. The van der Waals surface area contributed by atoms with Gasteiger partial charge in [-0.1, -0.05) is 12.1 Å². The molecule has 0 atom stereocenters. The van der Waals surface area contributed by atoms with Crippen molar-refractivity contribution in [1.29, 1.82) is 0 Å². The zero-order valence-corrected chi connectivity index (χ0v) is 14.3. The summed E-state index contributed by atoms with van der Waals surface area (Å²) in [5.74, 6) is 1.44. The van der Waals surface area contributed by atoms with Gasteiger partial charge in [-0.3, -0.25) is 9.59 Å². The molecule has 26 heavy (non-hydrogen) atoms. The van der Waals surface area contributed by atoms with E-state index in [0.29, 0.717) is 24.7 Å². The maximum Gasteiger partial charge on any atom is 0.240 e. The van der Waals surface area contributed by atoms with Gasteiger partial charge in [-0.15, -0.1) is 0 Å². The number of fused-ring (bicyclic) bond motifs is 1. The van der Waals surface area contributed by atoms with Crippen LogP contribution in [-0.2, 0) is 29.2 Å². The van der Waals surface area contributed by atoms with Crippen molar-refractivity contribution in [1.82, 2.24) is 20.2 Å². The Morgan fingerprint density at radius 3 is 2.73 bits per heavy atom. The first kappa shape index (κ1) is 16.4. The predicted octanol–water partition coefficient (Wildman–Crippen LogP) is 1.97. The van der Waals surface area contributed by atoms with Gasteiger partial charge in [0.15, 0.2) is 0 Å². The largest absolute Gasteiger partial charge is 0.467 e. The van der Waals surface area contributed by atoms with E-state index in [2.05, 4.69) is 15.6 Å². The molecule has 7 nitrogen and oxygen atoms in total. The second-order valence-electron chi connectivity index (χ2n) is 6.45. The summed E-state index contributed by atoms with van der Waals surface area (Å²) in [5.41, 5.74) is 1.68. The third-order valence-electron chi connectivity index (χ3n) is 4.44. The zero-order valence-electron chi connectivity index (χ0n) is 14.3. The summed E-state index contributed by atoms with van der Waals surface area (Å²) in [6, 6.07) is 11.2. The number of nitrogens with one attached hydrogen (secondary N) is 2. The standard InChI is InChI=1S/C19H20N4O3/c24-18(20-10-14-4-3-9-26-14)12-23-16-6-2-1-5-15(16)22-17(23)11-21-19(25)13-7-8-13/h1-6,9,13H,7-8,10-12H2,(H,20,24)(H,21,25). The van der Waals surface area contributed by atoms with Crippen molar-refractivity contribution in [3.8, 4) is 0 Å². The van der Waals surface area contributed by atoms with E-state index in [9.17, 15) is 9.59 Å². The van der Waals surface area contributed by atoms with Crippen LogP contribution in [0.15, 0.2) is 47.1 Å². The van der Waals surface area contributed by atoms with E-state index in [1.165, 1.54) is 0 Å². The quantitative estimate of drug-likeness (QED) is 0.680. The molecule has 0 spiro atoms. The number of carbonyl (C=O) groups is 2. The molecule has 7 heteroatoms. The third kappa shape index (κ3) is 3.61. The van der Waals surface area contributed by atoms with E-state index >= 15 is 0 Å². The molecule has 2 N–H and O–H groups in total. The average molecular weight is 352 g/mol. The van der Waals surface area contributed by atoms with Crippen LogP contribution >= 0.6 is 0 Å². The molecule has 1 saturated carbocycles. The van der Waals surface area contributed by atoms with Gasteiger partial charge in [0, 0.05) is 5.92 Å². The molecule has 2 amide bonds. The fourth-order valence-electron chi connectivity index (χ4n) is 2.89. The lowest BCUT2D eigenvalue weighted by Gasteiger charge is -2.10. The lowest BCUT2D eigenvalue weighted by atomic mass is 10.3. The number of hydrogen-bond donors (Lipinski definition) is 2. The number of hydrogen-bond acceptors (Lipinski definition) is 4. The van der Waals surface area contributed by atoms with Crippen LogP contribution in [0.3, 0.4) is 0 Å². The number of para-hydroxylation sites is 2. The number of rotatable bonds is 7. The van der Waals surface area contributed by atoms with E-state index in [1.54, 1.807) is 12.3 Å². The monoisotopic (exact) mass is 352 g/mol. The highest BCUT2D eigenvalue weighted by atomic mass is 16.3. The number of carbonyl (C=O) groups excluding carboxylic acids is 2. The molecule has 2 heterocycles. The van der Waals surface area contributed by atoms with Crippen molar-refractivity contribution >= 4 is 22.8 Å². The summed E-state index contributed by atoms with van der Waals surface area (Å²) in [4.78, 5) is 28.9. The SMILES string of the molecule is O=C(Cn1c(CNC(=O)C2CC2)nc2ccccc21)NCc1ccco1. The second-order valence-corrected chi connectivity index (χ2v) is 6.45. The molecule has 1 aliphatic rings. The van der Waals surface area contributed by atoms with Crippen molar-refractivity contribution in [3.05, 3.63) is 54.2 Å². The van der Waals surface area contributed by atoms with Crippen molar-refractivity contribution in [2.75, 3.05) is 0 Å². The van der Waals surface area contributed by atoms with Crippen LogP contribution in [-0.4, -0.2) is 21.4 Å². The molecular formula is C19H20N4O3. The fourth-order valence-corrected chi connectivity index (χ4v) is 2.89. The number of aromatic nitrogens is 2. The minimum atomic E-state index is -0.140. The minimum Gasteiger partial charge on any atom is -0.467 e.